The Morgan fingerprint density at radius 3 is 2.10 bits per heavy atom. The Morgan fingerprint density at radius 2 is 1.41 bits per heavy atom. The second-order valence-corrected chi connectivity index (χ2v) is 7.36. The number of rotatable bonds is 7. The molecule has 4 nitrogen and oxygen atoms in total. The molecule has 0 bridgehead atoms. The van der Waals surface area contributed by atoms with Gasteiger partial charge in [-0.25, -0.2) is 0 Å². The Bertz CT molecular complexity index is 891. The van der Waals surface area contributed by atoms with Gasteiger partial charge in [0.1, 0.15) is 6.61 Å². The van der Waals surface area contributed by atoms with E-state index in [1.54, 1.807) is 7.11 Å². The van der Waals surface area contributed by atoms with Crippen LogP contribution < -0.4 is 14.4 Å². The first-order valence-electron chi connectivity index (χ1n) is 10.2. The molecule has 150 valence electrons. The maximum atomic E-state index is 5.98. The van der Waals surface area contributed by atoms with Crippen molar-refractivity contribution in [3.8, 4) is 11.5 Å². The summed E-state index contributed by atoms with van der Waals surface area (Å²) in [5, 5.41) is 0. The van der Waals surface area contributed by atoms with Crippen molar-refractivity contribution in [2.45, 2.75) is 13.2 Å². The molecule has 0 radical (unpaired) electrons. The molecule has 0 aromatic heterocycles. The van der Waals surface area contributed by atoms with Crippen LogP contribution in [0.3, 0.4) is 0 Å². The first kappa shape index (κ1) is 19.3. The van der Waals surface area contributed by atoms with Gasteiger partial charge in [-0.15, -0.1) is 0 Å². The smallest absolute Gasteiger partial charge is 0.161 e. The molecule has 1 heterocycles. The zero-order valence-corrected chi connectivity index (χ0v) is 17.0. The van der Waals surface area contributed by atoms with Crippen molar-refractivity contribution in [1.29, 1.82) is 0 Å². The number of piperazine rings is 1. The molecule has 4 rings (SSSR count). The summed E-state index contributed by atoms with van der Waals surface area (Å²) < 4.78 is 11.6. The fourth-order valence-corrected chi connectivity index (χ4v) is 3.73. The van der Waals surface area contributed by atoms with E-state index in [9.17, 15) is 0 Å². The van der Waals surface area contributed by atoms with Gasteiger partial charge in [0, 0.05) is 38.4 Å². The predicted molar refractivity (Wildman–Crippen MR) is 118 cm³/mol. The van der Waals surface area contributed by atoms with Gasteiger partial charge >= 0.3 is 0 Å². The van der Waals surface area contributed by atoms with Gasteiger partial charge in [-0.1, -0.05) is 54.6 Å². The normalized spacial score (nSPS) is 14.6. The van der Waals surface area contributed by atoms with E-state index >= 15 is 0 Å². The van der Waals surface area contributed by atoms with Gasteiger partial charge in [0.25, 0.3) is 0 Å². The number of methoxy groups -OCH3 is 1. The van der Waals surface area contributed by atoms with E-state index in [4.69, 9.17) is 9.47 Å². The van der Waals surface area contributed by atoms with E-state index in [1.807, 2.05) is 24.3 Å². The topological polar surface area (TPSA) is 24.9 Å². The molecule has 3 aromatic carbocycles. The maximum Gasteiger partial charge on any atom is 0.161 e. The van der Waals surface area contributed by atoms with Gasteiger partial charge in [0.2, 0.25) is 0 Å². The number of anilines is 1. The highest BCUT2D eigenvalue weighted by Crippen LogP contribution is 2.29. The molecule has 4 heteroatoms. The standard InChI is InChI=1S/C25H28N2O2/c1-28-25-18-22(12-13-24(25)29-20-21-8-4-2-5-9-21)19-26-14-16-27(17-15-26)23-10-6-3-7-11-23/h2-13,18H,14-17,19-20H2,1H3. The lowest BCUT2D eigenvalue weighted by atomic mass is 10.1. The third-order valence-electron chi connectivity index (χ3n) is 5.37. The fourth-order valence-electron chi connectivity index (χ4n) is 3.73. The Hall–Kier alpha value is -2.98. The summed E-state index contributed by atoms with van der Waals surface area (Å²) in [5.41, 5.74) is 3.71. The molecule has 1 saturated heterocycles. The molecule has 1 fully saturated rings. The monoisotopic (exact) mass is 388 g/mol. The van der Waals surface area contributed by atoms with Crippen molar-refractivity contribution in [2.24, 2.45) is 0 Å². The number of ether oxygens (including phenoxy) is 2. The van der Waals surface area contributed by atoms with Crippen molar-refractivity contribution in [2.75, 3.05) is 38.2 Å². The lowest BCUT2D eigenvalue weighted by Crippen LogP contribution is -2.45. The summed E-state index contributed by atoms with van der Waals surface area (Å²) in [5.74, 6) is 1.58. The zero-order chi connectivity index (χ0) is 19.9. The number of para-hydroxylation sites is 1. The molecule has 0 atom stereocenters. The van der Waals surface area contributed by atoms with Gasteiger partial charge in [0.15, 0.2) is 11.5 Å². The summed E-state index contributed by atoms with van der Waals surface area (Å²) in [7, 11) is 1.70. The molecule has 0 amide bonds. The Labute approximate surface area is 173 Å². The van der Waals surface area contributed by atoms with Crippen molar-refractivity contribution in [1.82, 2.24) is 4.90 Å². The summed E-state index contributed by atoms with van der Waals surface area (Å²) in [4.78, 5) is 4.95. The average molecular weight is 389 g/mol. The highest BCUT2D eigenvalue weighted by atomic mass is 16.5. The Kier molecular flexibility index (Phi) is 6.32. The second-order valence-electron chi connectivity index (χ2n) is 7.36. The first-order valence-corrected chi connectivity index (χ1v) is 10.2. The highest BCUT2D eigenvalue weighted by Gasteiger charge is 2.18. The van der Waals surface area contributed by atoms with E-state index < -0.39 is 0 Å². The second kappa shape index (κ2) is 9.48. The van der Waals surface area contributed by atoms with Crippen LogP contribution in [0.4, 0.5) is 5.69 Å². The summed E-state index contributed by atoms with van der Waals surface area (Å²) in [6.45, 7) is 5.70. The first-order chi connectivity index (χ1) is 14.3. The molecule has 0 aliphatic carbocycles. The molecule has 3 aromatic rings. The van der Waals surface area contributed by atoms with Gasteiger partial charge in [0.05, 0.1) is 7.11 Å². The van der Waals surface area contributed by atoms with E-state index in [1.165, 1.54) is 11.3 Å². The number of hydrogen-bond acceptors (Lipinski definition) is 4. The summed E-state index contributed by atoms with van der Waals surface area (Å²) >= 11 is 0. The summed E-state index contributed by atoms with van der Waals surface area (Å²) in [6, 6.07) is 27.1. The van der Waals surface area contributed by atoms with Gasteiger partial charge < -0.3 is 14.4 Å². The van der Waals surface area contributed by atoms with Crippen LogP contribution in [0.1, 0.15) is 11.1 Å². The number of hydrogen-bond donors (Lipinski definition) is 0. The highest BCUT2D eigenvalue weighted by molar-refractivity contribution is 5.46. The minimum absolute atomic E-state index is 0.540. The van der Waals surface area contributed by atoms with E-state index in [2.05, 4.69) is 64.4 Å². The zero-order valence-electron chi connectivity index (χ0n) is 17.0. The molecule has 0 N–H and O–H groups in total. The third-order valence-corrected chi connectivity index (χ3v) is 5.37. The lowest BCUT2D eigenvalue weighted by molar-refractivity contribution is 0.248. The van der Waals surface area contributed by atoms with Crippen LogP contribution in [0.25, 0.3) is 0 Å². The van der Waals surface area contributed by atoms with Crippen LogP contribution in [-0.4, -0.2) is 38.2 Å². The van der Waals surface area contributed by atoms with Crippen LogP contribution in [0.2, 0.25) is 0 Å². The molecule has 1 aliphatic rings. The molecular weight excluding hydrogens is 360 g/mol. The number of nitrogens with zero attached hydrogens (tertiary/aromatic N) is 2. The predicted octanol–water partition coefficient (Wildman–Crippen LogP) is 4.60. The molecule has 29 heavy (non-hydrogen) atoms. The van der Waals surface area contributed by atoms with Crippen molar-refractivity contribution < 1.29 is 9.47 Å². The molecule has 0 unspecified atom stereocenters. The van der Waals surface area contributed by atoms with E-state index in [0.29, 0.717) is 6.61 Å². The largest absolute Gasteiger partial charge is 0.493 e. The quantitative estimate of drug-likeness (QED) is 0.591. The maximum absolute atomic E-state index is 5.98. The van der Waals surface area contributed by atoms with Gasteiger partial charge in [-0.2, -0.15) is 0 Å². The molecule has 0 spiro atoms. The van der Waals surface area contributed by atoms with Gasteiger partial charge in [-0.3, -0.25) is 4.90 Å². The molecular formula is C25H28N2O2. The van der Waals surface area contributed by atoms with Crippen LogP contribution in [0, 0.1) is 0 Å². The average Bonchev–Trinajstić information content (AvgIpc) is 2.80. The van der Waals surface area contributed by atoms with Crippen LogP contribution in [0.5, 0.6) is 11.5 Å². The van der Waals surface area contributed by atoms with E-state index in [-0.39, 0.29) is 0 Å². The van der Waals surface area contributed by atoms with Crippen LogP contribution in [0.15, 0.2) is 78.9 Å². The minimum atomic E-state index is 0.540. The van der Waals surface area contributed by atoms with Crippen LogP contribution in [-0.2, 0) is 13.2 Å². The number of benzene rings is 3. The minimum Gasteiger partial charge on any atom is -0.493 e. The third kappa shape index (κ3) is 5.09. The van der Waals surface area contributed by atoms with Crippen molar-refractivity contribution >= 4 is 5.69 Å². The summed E-state index contributed by atoms with van der Waals surface area (Å²) in [6.07, 6.45) is 0. The Balaban J connectivity index is 1.33. The van der Waals surface area contributed by atoms with Gasteiger partial charge in [-0.05, 0) is 35.4 Å². The lowest BCUT2D eigenvalue weighted by Gasteiger charge is -2.36. The Morgan fingerprint density at radius 1 is 0.724 bits per heavy atom. The fraction of sp³-hybridized carbons (Fsp3) is 0.280. The van der Waals surface area contributed by atoms with Crippen molar-refractivity contribution in [3.05, 3.63) is 90.0 Å². The van der Waals surface area contributed by atoms with Crippen LogP contribution >= 0.6 is 0 Å². The van der Waals surface area contributed by atoms with Crippen molar-refractivity contribution in [3.63, 3.8) is 0 Å². The molecule has 1 aliphatic heterocycles. The SMILES string of the molecule is COc1cc(CN2CCN(c3ccccc3)CC2)ccc1OCc1ccccc1. The van der Waals surface area contributed by atoms with E-state index in [0.717, 1.165) is 49.8 Å². The molecule has 0 saturated carbocycles.